The number of fused-ring (bicyclic) bond motifs is 1. The number of carbonyl (C=O) groups excluding carboxylic acids is 1. The molecule has 136 valence electrons. The van der Waals surface area contributed by atoms with Crippen molar-refractivity contribution in [1.82, 2.24) is 25.0 Å². The van der Waals surface area contributed by atoms with Gasteiger partial charge in [0.15, 0.2) is 11.6 Å². The number of halogens is 2. The van der Waals surface area contributed by atoms with E-state index in [4.69, 9.17) is 0 Å². The van der Waals surface area contributed by atoms with E-state index >= 15 is 0 Å². The molecule has 0 spiro atoms. The van der Waals surface area contributed by atoms with E-state index in [9.17, 15) is 4.79 Å². The Labute approximate surface area is 159 Å². The molecule has 3 heterocycles. The van der Waals surface area contributed by atoms with Gasteiger partial charge in [0.25, 0.3) is 0 Å². The molecule has 2 aliphatic rings. The Morgan fingerprint density at radius 3 is 2.68 bits per heavy atom. The maximum Gasteiger partial charge on any atom is 0.224 e. The van der Waals surface area contributed by atoms with Gasteiger partial charge in [-0.25, -0.2) is 0 Å². The maximum absolute atomic E-state index is 12.5. The molecule has 25 heavy (non-hydrogen) atoms. The Balaban J connectivity index is 0.00000113. The number of hydrogen-bond donors (Lipinski definition) is 1. The molecule has 1 saturated heterocycles. The maximum atomic E-state index is 12.5. The number of aromatic nitrogens is 3. The molecule has 6 nitrogen and oxygen atoms in total. The van der Waals surface area contributed by atoms with Gasteiger partial charge in [0, 0.05) is 31.1 Å². The first-order valence-corrected chi connectivity index (χ1v) is 8.30. The van der Waals surface area contributed by atoms with Gasteiger partial charge in [-0.1, -0.05) is 30.3 Å². The zero-order valence-corrected chi connectivity index (χ0v) is 15.6. The highest BCUT2D eigenvalue weighted by molar-refractivity contribution is 5.85. The number of rotatable bonds is 3. The predicted octanol–water partition coefficient (Wildman–Crippen LogP) is 2.27. The number of hydrogen-bond acceptors (Lipinski definition) is 4. The van der Waals surface area contributed by atoms with E-state index in [1.165, 1.54) is 6.42 Å². The zero-order valence-electron chi connectivity index (χ0n) is 13.9. The van der Waals surface area contributed by atoms with E-state index in [1.807, 2.05) is 35.2 Å². The van der Waals surface area contributed by atoms with Gasteiger partial charge >= 0.3 is 0 Å². The van der Waals surface area contributed by atoms with Crippen LogP contribution in [0.5, 0.6) is 0 Å². The number of carbonyl (C=O) groups is 1. The van der Waals surface area contributed by atoms with E-state index in [2.05, 4.69) is 20.1 Å². The van der Waals surface area contributed by atoms with Gasteiger partial charge in [-0.2, -0.15) is 0 Å². The molecule has 4 rings (SSSR count). The van der Waals surface area contributed by atoms with Crippen molar-refractivity contribution in [3.63, 3.8) is 0 Å². The molecule has 2 aromatic rings. The lowest BCUT2D eigenvalue weighted by atomic mass is 10.1. The highest BCUT2D eigenvalue weighted by Gasteiger charge is 2.27. The van der Waals surface area contributed by atoms with Crippen molar-refractivity contribution in [2.24, 2.45) is 0 Å². The first kappa shape index (κ1) is 19.7. The molecule has 1 fully saturated rings. The molecule has 0 radical (unpaired) electrons. The van der Waals surface area contributed by atoms with Crippen LogP contribution in [0.25, 0.3) is 11.4 Å². The van der Waals surface area contributed by atoms with Gasteiger partial charge in [-0.05, 0) is 19.4 Å². The molecule has 0 aliphatic carbocycles. The van der Waals surface area contributed by atoms with Gasteiger partial charge < -0.3 is 14.8 Å². The second-order valence-corrected chi connectivity index (χ2v) is 6.27. The molecule has 1 N–H and O–H groups in total. The minimum atomic E-state index is 0. The third kappa shape index (κ3) is 4.14. The third-order valence-corrected chi connectivity index (χ3v) is 4.72. The van der Waals surface area contributed by atoms with Gasteiger partial charge in [-0.3, -0.25) is 4.79 Å². The average Bonchev–Trinajstić information content (AvgIpc) is 3.24. The van der Waals surface area contributed by atoms with Crippen LogP contribution in [0, 0.1) is 0 Å². The summed E-state index contributed by atoms with van der Waals surface area (Å²) in [5, 5.41) is 12.0. The average molecular weight is 384 g/mol. The lowest BCUT2D eigenvalue weighted by molar-refractivity contribution is -0.133. The van der Waals surface area contributed by atoms with E-state index in [1.54, 1.807) is 0 Å². The van der Waals surface area contributed by atoms with Crippen molar-refractivity contribution in [2.75, 3.05) is 13.1 Å². The van der Waals surface area contributed by atoms with Gasteiger partial charge in [0.2, 0.25) is 5.91 Å². The Hall–Kier alpha value is -1.63. The van der Waals surface area contributed by atoms with Gasteiger partial charge in [0.05, 0.1) is 6.54 Å². The number of benzene rings is 1. The minimum absolute atomic E-state index is 0. The summed E-state index contributed by atoms with van der Waals surface area (Å²) >= 11 is 0. The highest BCUT2D eigenvalue weighted by Crippen LogP contribution is 2.22. The fourth-order valence-corrected chi connectivity index (χ4v) is 3.44. The van der Waals surface area contributed by atoms with Crippen LogP contribution in [0.4, 0.5) is 0 Å². The van der Waals surface area contributed by atoms with Crippen molar-refractivity contribution < 1.29 is 4.79 Å². The normalized spacial score (nSPS) is 18.9. The summed E-state index contributed by atoms with van der Waals surface area (Å²) in [5.41, 5.74) is 1.07. The van der Waals surface area contributed by atoms with Gasteiger partial charge in [0.1, 0.15) is 0 Å². The topological polar surface area (TPSA) is 63.1 Å². The van der Waals surface area contributed by atoms with E-state index in [-0.39, 0.29) is 30.7 Å². The lowest BCUT2D eigenvalue weighted by Gasteiger charge is -2.28. The summed E-state index contributed by atoms with van der Waals surface area (Å²) < 4.78 is 2.13. The Kier molecular flexibility index (Phi) is 6.81. The number of amides is 1. The fraction of sp³-hybridized carbons (Fsp3) is 0.471. The second kappa shape index (κ2) is 8.65. The standard InChI is InChI=1S/C17H21N5O.2ClH/c23-16(11-14-7-4-8-18-14)21-9-10-22-15(12-21)19-20-17(22)13-5-2-1-3-6-13;;/h1-3,5-6,14,18H,4,7-12H2;2*1H. The molecule has 0 bridgehead atoms. The van der Waals surface area contributed by atoms with E-state index in [0.29, 0.717) is 19.0 Å². The Bertz CT molecular complexity index is 700. The van der Waals surface area contributed by atoms with Crippen LogP contribution >= 0.6 is 24.8 Å². The van der Waals surface area contributed by atoms with E-state index < -0.39 is 0 Å². The zero-order chi connectivity index (χ0) is 15.6. The van der Waals surface area contributed by atoms with Crippen LogP contribution in [0.1, 0.15) is 25.1 Å². The summed E-state index contributed by atoms with van der Waals surface area (Å²) in [7, 11) is 0. The molecular formula is C17H23Cl2N5O. The van der Waals surface area contributed by atoms with Crippen LogP contribution in [-0.4, -0.2) is 44.7 Å². The Morgan fingerprint density at radius 2 is 1.96 bits per heavy atom. The van der Waals surface area contributed by atoms with Crippen molar-refractivity contribution in [3.8, 4) is 11.4 Å². The number of nitrogens with zero attached hydrogens (tertiary/aromatic N) is 4. The summed E-state index contributed by atoms with van der Waals surface area (Å²) in [6, 6.07) is 10.4. The third-order valence-electron chi connectivity index (χ3n) is 4.72. The van der Waals surface area contributed by atoms with Crippen LogP contribution < -0.4 is 5.32 Å². The minimum Gasteiger partial charge on any atom is -0.333 e. The molecule has 8 heteroatoms. The second-order valence-electron chi connectivity index (χ2n) is 6.27. The lowest BCUT2D eigenvalue weighted by Crippen LogP contribution is -2.41. The molecule has 1 aromatic carbocycles. The fourth-order valence-electron chi connectivity index (χ4n) is 3.44. The molecule has 1 amide bonds. The van der Waals surface area contributed by atoms with Crippen LogP contribution in [0.3, 0.4) is 0 Å². The van der Waals surface area contributed by atoms with Crippen LogP contribution in [-0.2, 0) is 17.9 Å². The molecule has 0 saturated carbocycles. The highest BCUT2D eigenvalue weighted by atomic mass is 35.5. The van der Waals surface area contributed by atoms with E-state index in [0.717, 1.165) is 43.3 Å². The first-order valence-electron chi connectivity index (χ1n) is 8.30. The van der Waals surface area contributed by atoms with Gasteiger partial charge in [-0.15, -0.1) is 35.0 Å². The monoisotopic (exact) mass is 383 g/mol. The molecule has 2 aliphatic heterocycles. The van der Waals surface area contributed by atoms with Crippen LogP contribution in [0.15, 0.2) is 30.3 Å². The summed E-state index contributed by atoms with van der Waals surface area (Å²) in [6.07, 6.45) is 2.88. The van der Waals surface area contributed by atoms with Crippen molar-refractivity contribution in [3.05, 3.63) is 36.2 Å². The predicted molar refractivity (Wildman–Crippen MR) is 101 cm³/mol. The smallest absolute Gasteiger partial charge is 0.224 e. The molecule has 1 atom stereocenters. The number of nitrogens with one attached hydrogen (secondary N) is 1. The Morgan fingerprint density at radius 1 is 1.16 bits per heavy atom. The quantitative estimate of drug-likeness (QED) is 0.882. The van der Waals surface area contributed by atoms with Crippen molar-refractivity contribution in [1.29, 1.82) is 0 Å². The van der Waals surface area contributed by atoms with Crippen LogP contribution in [0.2, 0.25) is 0 Å². The SMILES string of the molecule is Cl.Cl.O=C(CC1CCCN1)N1CCn2c(nnc2-c2ccccc2)C1. The molecular weight excluding hydrogens is 361 g/mol. The molecule has 1 aromatic heterocycles. The first-order chi connectivity index (χ1) is 11.3. The molecule has 1 unspecified atom stereocenters. The van der Waals surface area contributed by atoms with Crippen molar-refractivity contribution >= 4 is 30.7 Å². The summed E-state index contributed by atoms with van der Waals surface area (Å²) in [4.78, 5) is 14.4. The summed E-state index contributed by atoms with van der Waals surface area (Å²) in [6.45, 7) is 3.09. The largest absolute Gasteiger partial charge is 0.333 e. The van der Waals surface area contributed by atoms with Crippen molar-refractivity contribution in [2.45, 2.75) is 38.4 Å². The summed E-state index contributed by atoms with van der Waals surface area (Å²) in [5.74, 6) is 1.99.